The number of nitrogens with two attached hydrogens (primary N) is 1. The molecule has 0 saturated heterocycles. The van der Waals surface area contributed by atoms with Crippen molar-refractivity contribution in [2.45, 2.75) is 51.5 Å². The topological polar surface area (TPSA) is 60.2 Å². The van der Waals surface area contributed by atoms with Gasteiger partial charge in [-0.2, -0.15) is 0 Å². The van der Waals surface area contributed by atoms with E-state index in [4.69, 9.17) is 10.5 Å². The van der Waals surface area contributed by atoms with Gasteiger partial charge >= 0.3 is 0 Å². The van der Waals surface area contributed by atoms with Crippen LogP contribution in [0.4, 0.5) is 5.69 Å². The third-order valence-electron chi connectivity index (χ3n) is 3.97. The third-order valence-corrected chi connectivity index (χ3v) is 3.97. The normalized spacial score (nSPS) is 22.5. The molecule has 1 fully saturated rings. The molecule has 1 aromatic heterocycles. The molecule has 3 N–H and O–H groups in total. The summed E-state index contributed by atoms with van der Waals surface area (Å²) in [5.74, 6) is 1.46. The van der Waals surface area contributed by atoms with E-state index in [1.165, 1.54) is 12.8 Å². The fourth-order valence-corrected chi connectivity index (χ4v) is 2.55. The molecule has 20 heavy (non-hydrogen) atoms. The highest BCUT2D eigenvalue weighted by Gasteiger charge is 2.17. The van der Waals surface area contributed by atoms with Crippen molar-refractivity contribution >= 4 is 5.69 Å². The number of rotatable bonds is 7. The molecule has 0 aromatic carbocycles. The van der Waals surface area contributed by atoms with Gasteiger partial charge in [0.15, 0.2) is 0 Å². The summed E-state index contributed by atoms with van der Waals surface area (Å²) in [4.78, 5) is 4.32. The smallest absolute Gasteiger partial charge is 0.213 e. The number of aromatic nitrogens is 1. The zero-order valence-electron chi connectivity index (χ0n) is 12.5. The number of pyridine rings is 1. The number of hydrogen-bond donors (Lipinski definition) is 2. The van der Waals surface area contributed by atoms with Crippen LogP contribution in [-0.4, -0.2) is 24.2 Å². The first-order valence-corrected chi connectivity index (χ1v) is 7.86. The summed E-state index contributed by atoms with van der Waals surface area (Å²) in [6.45, 7) is 3.92. The highest BCUT2D eigenvalue weighted by Crippen LogP contribution is 2.23. The minimum absolute atomic E-state index is 0.424. The zero-order valence-corrected chi connectivity index (χ0v) is 12.5. The number of unbranched alkanes of at least 4 members (excludes halogenated alkanes) is 1. The third kappa shape index (κ3) is 5.00. The minimum atomic E-state index is 0.424. The molecule has 0 unspecified atom stereocenters. The van der Waals surface area contributed by atoms with Gasteiger partial charge in [0.05, 0.1) is 18.5 Å². The van der Waals surface area contributed by atoms with Crippen molar-refractivity contribution in [3.63, 3.8) is 0 Å². The van der Waals surface area contributed by atoms with E-state index in [9.17, 15) is 0 Å². The lowest BCUT2D eigenvalue weighted by Gasteiger charge is -2.26. The highest BCUT2D eigenvalue weighted by molar-refractivity contribution is 5.42. The molecule has 1 aliphatic carbocycles. The minimum Gasteiger partial charge on any atom is -0.478 e. The summed E-state index contributed by atoms with van der Waals surface area (Å²) in [5, 5.41) is 3.46. The molecule has 1 saturated carbocycles. The molecule has 0 spiro atoms. The van der Waals surface area contributed by atoms with Crippen LogP contribution in [0.15, 0.2) is 18.3 Å². The largest absolute Gasteiger partial charge is 0.478 e. The molecule has 1 aromatic rings. The Kier molecular flexibility index (Phi) is 6.12. The van der Waals surface area contributed by atoms with Crippen LogP contribution >= 0.6 is 0 Å². The van der Waals surface area contributed by atoms with Crippen molar-refractivity contribution in [1.82, 2.24) is 4.98 Å². The van der Waals surface area contributed by atoms with E-state index in [0.717, 1.165) is 50.4 Å². The van der Waals surface area contributed by atoms with Gasteiger partial charge in [-0.15, -0.1) is 0 Å². The Morgan fingerprint density at radius 3 is 2.75 bits per heavy atom. The number of anilines is 1. The maximum absolute atomic E-state index is 5.93. The second kappa shape index (κ2) is 8.10. The second-order valence-corrected chi connectivity index (χ2v) is 5.75. The van der Waals surface area contributed by atoms with Crippen LogP contribution in [0.3, 0.4) is 0 Å². The van der Waals surface area contributed by atoms with Crippen LogP contribution in [0, 0.1) is 5.92 Å². The maximum atomic E-state index is 5.93. The first-order valence-electron chi connectivity index (χ1n) is 7.86. The van der Waals surface area contributed by atoms with Gasteiger partial charge in [0.2, 0.25) is 5.88 Å². The SMILES string of the molecule is CCCCOc1ccc(NCC2CCC(N)CC2)cn1. The molecule has 112 valence electrons. The van der Waals surface area contributed by atoms with Crippen LogP contribution in [0.25, 0.3) is 0 Å². The highest BCUT2D eigenvalue weighted by atomic mass is 16.5. The van der Waals surface area contributed by atoms with Crippen LogP contribution in [0.2, 0.25) is 0 Å². The van der Waals surface area contributed by atoms with Gasteiger partial charge in [-0.3, -0.25) is 0 Å². The standard InChI is InChI=1S/C16H27N3O/c1-2-3-10-20-16-9-8-15(12-19-16)18-11-13-4-6-14(17)7-5-13/h8-9,12-14,18H,2-7,10-11,17H2,1H3. The molecule has 4 nitrogen and oxygen atoms in total. The van der Waals surface area contributed by atoms with Crippen molar-refractivity contribution in [3.8, 4) is 5.88 Å². The molecular weight excluding hydrogens is 250 g/mol. The fourth-order valence-electron chi connectivity index (χ4n) is 2.55. The Balaban J connectivity index is 1.70. The predicted octanol–water partition coefficient (Wildman–Crippen LogP) is 3.19. The molecule has 0 aliphatic heterocycles. The van der Waals surface area contributed by atoms with Crippen LogP contribution in [-0.2, 0) is 0 Å². The van der Waals surface area contributed by atoms with Gasteiger partial charge in [0, 0.05) is 18.7 Å². The lowest BCUT2D eigenvalue weighted by Crippen LogP contribution is -2.29. The molecule has 4 heteroatoms. The predicted molar refractivity (Wildman–Crippen MR) is 83.1 cm³/mol. The fraction of sp³-hybridized carbons (Fsp3) is 0.688. The average Bonchev–Trinajstić information content (AvgIpc) is 2.48. The number of ether oxygens (including phenoxy) is 1. The van der Waals surface area contributed by atoms with Gasteiger partial charge < -0.3 is 15.8 Å². The summed E-state index contributed by atoms with van der Waals surface area (Å²) in [5.41, 5.74) is 7.00. The number of nitrogens with one attached hydrogen (secondary N) is 1. The van der Waals surface area contributed by atoms with Crippen molar-refractivity contribution < 1.29 is 4.74 Å². The summed E-state index contributed by atoms with van der Waals surface area (Å²) in [6.07, 6.45) is 8.87. The molecular formula is C16H27N3O. The lowest BCUT2D eigenvalue weighted by atomic mass is 9.86. The Morgan fingerprint density at radius 1 is 1.30 bits per heavy atom. The van der Waals surface area contributed by atoms with Crippen molar-refractivity contribution in [2.24, 2.45) is 11.7 Å². The van der Waals surface area contributed by atoms with E-state index >= 15 is 0 Å². The Bertz CT molecular complexity index is 372. The van der Waals surface area contributed by atoms with Gasteiger partial charge in [-0.05, 0) is 44.1 Å². The van der Waals surface area contributed by atoms with E-state index in [1.54, 1.807) is 0 Å². The summed E-state index contributed by atoms with van der Waals surface area (Å²) in [6, 6.07) is 4.41. The van der Waals surface area contributed by atoms with Gasteiger partial charge in [-0.25, -0.2) is 4.98 Å². The Morgan fingerprint density at radius 2 is 2.10 bits per heavy atom. The molecule has 0 atom stereocenters. The molecule has 2 rings (SSSR count). The van der Waals surface area contributed by atoms with Crippen molar-refractivity contribution in [2.75, 3.05) is 18.5 Å². The summed E-state index contributed by atoms with van der Waals surface area (Å²) < 4.78 is 5.55. The first kappa shape index (κ1) is 15.1. The molecule has 1 aliphatic rings. The summed E-state index contributed by atoms with van der Waals surface area (Å²) >= 11 is 0. The Hall–Kier alpha value is -1.29. The summed E-state index contributed by atoms with van der Waals surface area (Å²) in [7, 11) is 0. The van der Waals surface area contributed by atoms with Gasteiger partial charge in [0.1, 0.15) is 0 Å². The quantitative estimate of drug-likeness (QED) is 0.751. The second-order valence-electron chi connectivity index (χ2n) is 5.75. The number of hydrogen-bond acceptors (Lipinski definition) is 4. The van der Waals surface area contributed by atoms with E-state index < -0.39 is 0 Å². The van der Waals surface area contributed by atoms with E-state index in [1.807, 2.05) is 18.3 Å². The Labute approximate surface area is 122 Å². The molecule has 0 radical (unpaired) electrons. The van der Waals surface area contributed by atoms with E-state index in [0.29, 0.717) is 11.9 Å². The van der Waals surface area contributed by atoms with Crippen molar-refractivity contribution in [1.29, 1.82) is 0 Å². The molecule has 0 bridgehead atoms. The molecule has 0 amide bonds. The van der Waals surface area contributed by atoms with Crippen LogP contribution in [0.5, 0.6) is 5.88 Å². The first-order chi connectivity index (χ1) is 9.78. The van der Waals surface area contributed by atoms with E-state index in [2.05, 4.69) is 17.2 Å². The van der Waals surface area contributed by atoms with Crippen LogP contribution in [0.1, 0.15) is 45.4 Å². The van der Waals surface area contributed by atoms with Crippen molar-refractivity contribution in [3.05, 3.63) is 18.3 Å². The van der Waals surface area contributed by atoms with Crippen LogP contribution < -0.4 is 15.8 Å². The van der Waals surface area contributed by atoms with Gasteiger partial charge in [-0.1, -0.05) is 13.3 Å². The van der Waals surface area contributed by atoms with Gasteiger partial charge in [0.25, 0.3) is 0 Å². The lowest BCUT2D eigenvalue weighted by molar-refractivity contribution is 0.298. The monoisotopic (exact) mass is 277 g/mol. The zero-order chi connectivity index (χ0) is 14.2. The van der Waals surface area contributed by atoms with E-state index in [-0.39, 0.29) is 0 Å². The number of nitrogens with zero attached hydrogens (tertiary/aromatic N) is 1. The average molecular weight is 277 g/mol. The maximum Gasteiger partial charge on any atom is 0.213 e. The molecule has 1 heterocycles.